The van der Waals surface area contributed by atoms with Gasteiger partial charge in [0.15, 0.2) is 0 Å². The fourth-order valence-corrected chi connectivity index (χ4v) is 1.16. The van der Waals surface area contributed by atoms with Crippen LogP contribution in [-0.4, -0.2) is 23.2 Å². The summed E-state index contributed by atoms with van der Waals surface area (Å²) in [7, 11) is 0. The standard InChI is InChI=1S/C12H17NO3/c1-12(13,11(14)15)7-8-16-9-10-5-3-2-4-6-10/h2-6H,7-9,13H2,1H3,(H,14,15). The fraction of sp³-hybridized carbons (Fsp3) is 0.417. The van der Waals surface area contributed by atoms with Crippen LogP contribution in [0.2, 0.25) is 0 Å². The van der Waals surface area contributed by atoms with Gasteiger partial charge in [-0.3, -0.25) is 4.79 Å². The highest BCUT2D eigenvalue weighted by atomic mass is 16.5. The van der Waals surface area contributed by atoms with Crippen molar-refractivity contribution in [3.8, 4) is 0 Å². The van der Waals surface area contributed by atoms with E-state index in [9.17, 15) is 4.79 Å². The molecule has 1 rings (SSSR count). The Bertz CT molecular complexity index is 335. The number of nitrogens with two attached hydrogens (primary N) is 1. The molecule has 88 valence electrons. The van der Waals surface area contributed by atoms with Crippen molar-refractivity contribution in [3.05, 3.63) is 35.9 Å². The van der Waals surface area contributed by atoms with Crippen LogP contribution in [0, 0.1) is 0 Å². The van der Waals surface area contributed by atoms with Gasteiger partial charge in [-0.2, -0.15) is 0 Å². The van der Waals surface area contributed by atoms with Crippen molar-refractivity contribution in [1.29, 1.82) is 0 Å². The maximum Gasteiger partial charge on any atom is 0.323 e. The number of benzene rings is 1. The lowest BCUT2D eigenvalue weighted by molar-refractivity contribution is -0.143. The van der Waals surface area contributed by atoms with Gasteiger partial charge in [-0.25, -0.2) is 0 Å². The largest absolute Gasteiger partial charge is 0.480 e. The van der Waals surface area contributed by atoms with Crippen LogP contribution in [-0.2, 0) is 16.1 Å². The molecule has 0 spiro atoms. The SMILES string of the molecule is CC(N)(CCOCc1ccccc1)C(=O)O. The Morgan fingerprint density at radius 1 is 1.44 bits per heavy atom. The molecule has 0 saturated heterocycles. The van der Waals surface area contributed by atoms with E-state index >= 15 is 0 Å². The molecule has 0 aliphatic carbocycles. The summed E-state index contributed by atoms with van der Waals surface area (Å²) in [6.07, 6.45) is 0.301. The number of hydrogen-bond acceptors (Lipinski definition) is 3. The molecule has 0 fully saturated rings. The zero-order valence-electron chi connectivity index (χ0n) is 9.35. The van der Waals surface area contributed by atoms with Gasteiger partial charge in [0.1, 0.15) is 5.54 Å². The number of aliphatic carboxylic acids is 1. The van der Waals surface area contributed by atoms with E-state index in [2.05, 4.69) is 0 Å². The third-order valence-corrected chi connectivity index (χ3v) is 2.37. The minimum Gasteiger partial charge on any atom is -0.480 e. The van der Waals surface area contributed by atoms with Crippen LogP contribution in [0.25, 0.3) is 0 Å². The lowest BCUT2D eigenvalue weighted by Gasteiger charge is -2.18. The van der Waals surface area contributed by atoms with Crippen molar-refractivity contribution < 1.29 is 14.6 Å². The molecule has 0 aromatic heterocycles. The van der Waals surface area contributed by atoms with E-state index in [1.807, 2.05) is 30.3 Å². The minimum atomic E-state index is -1.21. The molecular formula is C12H17NO3. The predicted octanol–water partition coefficient (Wildman–Crippen LogP) is 1.40. The van der Waals surface area contributed by atoms with E-state index in [0.29, 0.717) is 19.6 Å². The second kappa shape index (κ2) is 5.63. The van der Waals surface area contributed by atoms with E-state index in [1.54, 1.807) is 0 Å². The van der Waals surface area contributed by atoms with Crippen molar-refractivity contribution in [3.63, 3.8) is 0 Å². The van der Waals surface area contributed by atoms with Gasteiger partial charge in [-0.1, -0.05) is 30.3 Å². The Morgan fingerprint density at radius 3 is 2.62 bits per heavy atom. The third-order valence-electron chi connectivity index (χ3n) is 2.37. The number of hydrogen-bond donors (Lipinski definition) is 2. The summed E-state index contributed by atoms with van der Waals surface area (Å²) in [5.41, 5.74) is 5.41. The third kappa shape index (κ3) is 4.00. The first-order valence-electron chi connectivity index (χ1n) is 5.16. The normalized spacial score (nSPS) is 14.4. The molecule has 0 amide bonds. The Labute approximate surface area is 95.0 Å². The van der Waals surface area contributed by atoms with E-state index in [1.165, 1.54) is 6.92 Å². The van der Waals surface area contributed by atoms with Crippen LogP contribution in [0.4, 0.5) is 0 Å². The highest BCUT2D eigenvalue weighted by Crippen LogP contribution is 2.07. The molecule has 1 atom stereocenters. The van der Waals surface area contributed by atoms with Crippen LogP contribution in [0.5, 0.6) is 0 Å². The van der Waals surface area contributed by atoms with Crippen LogP contribution >= 0.6 is 0 Å². The first-order chi connectivity index (χ1) is 7.52. The van der Waals surface area contributed by atoms with Gasteiger partial charge in [0.05, 0.1) is 6.61 Å². The van der Waals surface area contributed by atoms with Gasteiger partial charge >= 0.3 is 5.97 Å². The Morgan fingerprint density at radius 2 is 2.06 bits per heavy atom. The molecule has 0 saturated carbocycles. The molecule has 0 aliphatic heterocycles. The number of ether oxygens (including phenoxy) is 1. The zero-order chi connectivity index (χ0) is 12.0. The summed E-state index contributed by atoms with van der Waals surface area (Å²) in [4.78, 5) is 10.7. The molecule has 4 nitrogen and oxygen atoms in total. The molecule has 3 N–H and O–H groups in total. The highest BCUT2D eigenvalue weighted by molar-refractivity contribution is 5.77. The zero-order valence-corrected chi connectivity index (χ0v) is 9.35. The van der Waals surface area contributed by atoms with E-state index in [4.69, 9.17) is 15.6 Å². The molecule has 1 unspecified atom stereocenters. The van der Waals surface area contributed by atoms with Crippen LogP contribution < -0.4 is 5.73 Å². The molecule has 4 heteroatoms. The van der Waals surface area contributed by atoms with Crippen molar-refractivity contribution in [2.45, 2.75) is 25.5 Å². The highest BCUT2D eigenvalue weighted by Gasteiger charge is 2.27. The number of carboxylic acid groups (broad SMARTS) is 1. The van der Waals surface area contributed by atoms with E-state index < -0.39 is 11.5 Å². The summed E-state index contributed by atoms with van der Waals surface area (Å²) >= 11 is 0. The van der Waals surface area contributed by atoms with Crippen molar-refractivity contribution in [2.75, 3.05) is 6.61 Å². The first-order valence-corrected chi connectivity index (χ1v) is 5.16. The monoisotopic (exact) mass is 223 g/mol. The quantitative estimate of drug-likeness (QED) is 0.715. The van der Waals surface area contributed by atoms with Gasteiger partial charge < -0.3 is 15.6 Å². The van der Waals surface area contributed by atoms with Crippen molar-refractivity contribution in [2.24, 2.45) is 5.73 Å². The van der Waals surface area contributed by atoms with Gasteiger partial charge in [0.2, 0.25) is 0 Å². The summed E-state index contributed by atoms with van der Waals surface area (Å²) in [6, 6.07) is 9.72. The maximum atomic E-state index is 10.7. The van der Waals surface area contributed by atoms with E-state index in [0.717, 1.165) is 5.56 Å². The summed E-state index contributed by atoms with van der Waals surface area (Å²) in [5, 5.41) is 8.78. The summed E-state index contributed by atoms with van der Waals surface area (Å²) in [6.45, 7) is 2.31. The van der Waals surface area contributed by atoms with Crippen molar-refractivity contribution in [1.82, 2.24) is 0 Å². The molecule has 16 heavy (non-hydrogen) atoms. The number of carboxylic acids is 1. The predicted molar refractivity (Wildman–Crippen MR) is 60.9 cm³/mol. The van der Waals surface area contributed by atoms with Crippen LogP contribution in [0.1, 0.15) is 18.9 Å². The molecule has 1 aromatic rings. The average Bonchev–Trinajstić information content (AvgIpc) is 2.26. The second-order valence-corrected chi connectivity index (χ2v) is 4.01. The summed E-state index contributed by atoms with van der Waals surface area (Å²) < 4.78 is 5.36. The molecule has 0 radical (unpaired) electrons. The lowest BCUT2D eigenvalue weighted by Crippen LogP contribution is -2.45. The smallest absolute Gasteiger partial charge is 0.323 e. The molecule has 0 bridgehead atoms. The first kappa shape index (κ1) is 12.7. The number of carbonyl (C=O) groups is 1. The van der Waals surface area contributed by atoms with E-state index in [-0.39, 0.29) is 0 Å². The van der Waals surface area contributed by atoms with Crippen molar-refractivity contribution >= 4 is 5.97 Å². The van der Waals surface area contributed by atoms with Gasteiger partial charge in [0, 0.05) is 6.61 Å². The van der Waals surface area contributed by atoms with Gasteiger partial charge in [0.25, 0.3) is 0 Å². The molecule has 0 aliphatic rings. The average molecular weight is 223 g/mol. The molecule has 0 heterocycles. The fourth-order valence-electron chi connectivity index (χ4n) is 1.16. The second-order valence-electron chi connectivity index (χ2n) is 4.01. The topological polar surface area (TPSA) is 72.5 Å². The Hall–Kier alpha value is -1.39. The van der Waals surface area contributed by atoms with Gasteiger partial charge in [-0.15, -0.1) is 0 Å². The van der Waals surface area contributed by atoms with Crippen LogP contribution in [0.3, 0.4) is 0 Å². The van der Waals surface area contributed by atoms with Gasteiger partial charge in [-0.05, 0) is 18.9 Å². The Kier molecular flexibility index (Phi) is 4.46. The maximum absolute atomic E-state index is 10.7. The molecular weight excluding hydrogens is 206 g/mol. The number of rotatable bonds is 6. The summed E-state index contributed by atoms with van der Waals surface area (Å²) in [5.74, 6) is -1.00. The molecule has 1 aromatic carbocycles. The Balaban J connectivity index is 2.25. The van der Waals surface area contributed by atoms with Crippen LogP contribution in [0.15, 0.2) is 30.3 Å². The lowest BCUT2D eigenvalue weighted by atomic mass is 10.0. The minimum absolute atomic E-state index is 0.301.